The van der Waals surface area contributed by atoms with Crippen molar-refractivity contribution >= 4 is 11.6 Å². The molecule has 27 heavy (non-hydrogen) atoms. The summed E-state index contributed by atoms with van der Waals surface area (Å²) < 4.78 is 5.33. The smallest absolute Gasteiger partial charge is 0.254 e. The molecule has 1 aliphatic rings. The summed E-state index contributed by atoms with van der Waals surface area (Å²) in [7, 11) is 1.49. The van der Waals surface area contributed by atoms with Gasteiger partial charge in [0.25, 0.3) is 5.91 Å². The van der Waals surface area contributed by atoms with Crippen LogP contribution in [-0.4, -0.2) is 40.4 Å². The summed E-state index contributed by atoms with van der Waals surface area (Å²) in [5.74, 6) is 0.282. The van der Waals surface area contributed by atoms with E-state index in [1.165, 1.54) is 13.5 Å². The van der Waals surface area contributed by atoms with Gasteiger partial charge in [-0.25, -0.2) is 0 Å². The molecule has 0 unspecified atom stereocenters. The standard InChI is InChI=1S/C20H18N4O3/c1-26-23-17-11-18(19-22-21-13-27-19)24(12-17)20(25)16-9-7-15(8-10-16)14-5-3-2-4-6-14/h2-10,13,18H,11-12H2,1H3/b23-17+/t18-/m0/s1. The first-order valence-corrected chi connectivity index (χ1v) is 8.57. The first-order valence-electron chi connectivity index (χ1n) is 8.57. The Morgan fingerprint density at radius 1 is 1.15 bits per heavy atom. The van der Waals surface area contributed by atoms with Crippen LogP contribution in [0.25, 0.3) is 11.1 Å². The first-order chi connectivity index (χ1) is 13.3. The van der Waals surface area contributed by atoms with Gasteiger partial charge in [-0.1, -0.05) is 47.6 Å². The van der Waals surface area contributed by atoms with E-state index in [1.54, 1.807) is 4.90 Å². The van der Waals surface area contributed by atoms with Gasteiger partial charge in [0, 0.05) is 12.0 Å². The van der Waals surface area contributed by atoms with E-state index < -0.39 is 0 Å². The van der Waals surface area contributed by atoms with E-state index in [-0.39, 0.29) is 11.9 Å². The molecule has 7 heteroatoms. The second-order valence-electron chi connectivity index (χ2n) is 6.21. The molecule has 1 aromatic heterocycles. The summed E-state index contributed by atoms with van der Waals surface area (Å²) in [5, 5.41) is 11.7. The highest BCUT2D eigenvalue weighted by atomic mass is 16.6. The SMILES string of the molecule is CO/N=C1\C[C@@H](c2nnco2)N(C(=O)c2ccc(-c3ccccc3)cc2)C1. The van der Waals surface area contributed by atoms with Crippen LogP contribution in [0.4, 0.5) is 0 Å². The Morgan fingerprint density at radius 3 is 2.56 bits per heavy atom. The number of carbonyl (C=O) groups is 1. The number of likely N-dealkylation sites (tertiary alicyclic amines) is 1. The van der Waals surface area contributed by atoms with Gasteiger partial charge in [-0.3, -0.25) is 4.79 Å². The van der Waals surface area contributed by atoms with E-state index in [1.807, 2.05) is 54.6 Å². The molecule has 4 rings (SSSR count). The molecule has 1 saturated heterocycles. The third-order valence-electron chi connectivity index (χ3n) is 4.54. The molecule has 1 atom stereocenters. The minimum Gasteiger partial charge on any atom is -0.426 e. The second kappa shape index (κ2) is 7.41. The van der Waals surface area contributed by atoms with Crippen LogP contribution in [0, 0.1) is 0 Å². The number of hydrogen-bond donors (Lipinski definition) is 0. The van der Waals surface area contributed by atoms with E-state index in [9.17, 15) is 4.79 Å². The molecule has 0 aliphatic carbocycles. The number of oxime groups is 1. The molecule has 1 fully saturated rings. The van der Waals surface area contributed by atoms with Crippen LogP contribution in [0.2, 0.25) is 0 Å². The highest BCUT2D eigenvalue weighted by Crippen LogP contribution is 2.31. The minimum absolute atomic E-state index is 0.112. The summed E-state index contributed by atoms with van der Waals surface area (Å²) in [6.45, 7) is 0.361. The molecule has 0 saturated carbocycles. The van der Waals surface area contributed by atoms with E-state index in [0.29, 0.717) is 24.4 Å². The van der Waals surface area contributed by atoms with E-state index in [4.69, 9.17) is 9.25 Å². The molecule has 0 N–H and O–H groups in total. The molecular formula is C20H18N4O3. The van der Waals surface area contributed by atoms with Crippen LogP contribution < -0.4 is 0 Å². The van der Waals surface area contributed by atoms with Gasteiger partial charge in [0.2, 0.25) is 12.3 Å². The number of rotatable bonds is 4. The van der Waals surface area contributed by atoms with Gasteiger partial charge in [0.05, 0.1) is 12.3 Å². The van der Waals surface area contributed by atoms with Gasteiger partial charge in [0.1, 0.15) is 13.2 Å². The third kappa shape index (κ3) is 3.44. The summed E-state index contributed by atoms with van der Waals surface area (Å²) in [4.78, 5) is 19.6. The zero-order chi connectivity index (χ0) is 18.6. The lowest BCUT2D eigenvalue weighted by atomic mass is 10.0. The van der Waals surface area contributed by atoms with Crippen LogP contribution >= 0.6 is 0 Å². The normalized spacial score (nSPS) is 18.0. The van der Waals surface area contributed by atoms with Crippen LogP contribution in [-0.2, 0) is 4.84 Å². The van der Waals surface area contributed by atoms with Crippen LogP contribution in [0.15, 0.2) is 70.6 Å². The van der Waals surface area contributed by atoms with Gasteiger partial charge in [0.15, 0.2) is 0 Å². The average Bonchev–Trinajstić information content (AvgIpc) is 3.38. The number of nitrogens with zero attached hydrogens (tertiary/aromatic N) is 4. The van der Waals surface area contributed by atoms with Crippen molar-refractivity contribution in [3.05, 3.63) is 72.4 Å². The number of carbonyl (C=O) groups excluding carboxylic acids is 1. The Kier molecular flexibility index (Phi) is 4.65. The molecule has 0 spiro atoms. The molecule has 0 radical (unpaired) electrons. The Morgan fingerprint density at radius 2 is 1.89 bits per heavy atom. The number of hydrogen-bond acceptors (Lipinski definition) is 6. The molecule has 136 valence electrons. The lowest BCUT2D eigenvalue weighted by molar-refractivity contribution is 0.0719. The maximum Gasteiger partial charge on any atom is 0.254 e. The molecule has 2 aromatic carbocycles. The summed E-state index contributed by atoms with van der Waals surface area (Å²) in [6.07, 6.45) is 1.77. The fraction of sp³-hybridized carbons (Fsp3) is 0.200. The van der Waals surface area contributed by atoms with Crippen LogP contribution in [0.5, 0.6) is 0 Å². The number of aromatic nitrogens is 2. The lowest BCUT2D eigenvalue weighted by Crippen LogP contribution is -2.31. The summed E-state index contributed by atoms with van der Waals surface area (Å²) >= 11 is 0. The van der Waals surface area contributed by atoms with E-state index in [0.717, 1.165) is 16.8 Å². The van der Waals surface area contributed by atoms with Crippen molar-refractivity contribution in [2.75, 3.05) is 13.7 Å². The zero-order valence-electron chi connectivity index (χ0n) is 14.8. The first kappa shape index (κ1) is 17.0. The molecule has 1 aliphatic heterocycles. The van der Waals surface area contributed by atoms with Crippen molar-refractivity contribution in [2.45, 2.75) is 12.5 Å². The van der Waals surface area contributed by atoms with Gasteiger partial charge >= 0.3 is 0 Å². The minimum atomic E-state index is -0.345. The Hall–Kier alpha value is -3.48. The van der Waals surface area contributed by atoms with Crippen molar-refractivity contribution in [2.24, 2.45) is 5.16 Å². The predicted octanol–water partition coefficient (Wildman–Crippen LogP) is 3.33. The average molecular weight is 362 g/mol. The fourth-order valence-corrected chi connectivity index (χ4v) is 3.26. The van der Waals surface area contributed by atoms with Gasteiger partial charge in [-0.2, -0.15) is 0 Å². The molecule has 2 heterocycles. The van der Waals surface area contributed by atoms with E-state index in [2.05, 4.69) is 15.4 Å². The fourth-order valence-electron chi connectivity index (χ4n) is 3.26. The topological polar surface area (TPSA) is 80.8 Å². The Bertz CT molecular complexity index is 937. The number of amides is 1. The van der Waals surface area contributed by atoms with Gasteiger partial charge in [-0.05, 0) is 23.3 Å². The second-order valence-corrected chi connectivity index (χ2v) is 6.21. The van der Waals surface area contributed by atoms with Gasteiger partial charge < -0.3 is 14.2 Å². The highest BCUT2D eigenvalue weighted by molar-refractivity contribution is 6.00. The third-order valence-corrected chi connectivity index (χ3v) is 4.54. The number of benzene rings is 2. The largest absolute Gasteiger partial charge is 0.426 e. The monoisotopic (exact) mass is 362 g/mol. The summed E-state index contributed by atoms with van der Waals surface area (Å²) in [6, 6.07) is 17.3. The highest BCUT2D eigenvalue weighted by Gasteiger charge is 2.37. The Balaban J connectivity index is 1.59. The summed E-state index contributed by atoms with van der Waals surface area (Å²) in [5.41, 5.74) is 3.52. The maximum atomic E-state index is 13.1. The molecule has 7 nitrogen and oxygen atoms in total. The molecular weight excluding hydrogens is 344 g/mol. The van der Waals surface area contributed by atoms with Crippen molar-refractivity contribution < 1.29 is 14.0 Å². The van der Waals surface area contributed by atoms with Crippen molar-refractivity contribution in [3.8, 4) is 11.1 Å². The molecule has 0 bridgehead atoms. The zero-order valence-corrected chi connectivity index (χ0v) is 14.8. The molecule has 1 amide bonds. The van der Waals surface area contributed by atoms with E-state index >= 15 is 0 Å². The van der Waals surface area contributed by atoms with Crippen LogP contribution in [0.1, 0.15) is 28.7 Å². The quantitative estimate of drug-likeness (QED) is 0.665. The lowest BCUT2D eigenvalue weighted by Gasteiger charge is -2.21. The van der Waals surface area contributed by atoms with Crippen molar-refractivity contribution in [1.82, 2.24) is 15.1 Å². The van der Waals surface area contributed by atoms with Crippen molar-refractivity contribution in [1.29, 1.82) is 0 Å². The van der Waals surface area contributed by atoms with Crippen LogP contribution in [0.3, 0.4) is 0 Å². The predicted molar refractivity (Wildman–Crippen MR) is 99.0 cm³/mol. The van der Waals surface area contributed by atoms with Gasteiger partial charge in [-0.15, -0.1) is 10.2 Å². The molecule has 3 aromatic rings. The maximum absolute atomic E-state index is 13.1. The van der Waals surface area contributed by atoms with Crippen molar-refractivity contribution in [3.63, 3.8) is 0 Å². The Labute approximate surface area is 156 Å².